The highest BCUT2D eigenvalue weighted by atomic mass is 16.2. The maximum atomic E-state index is 12.3. The van der Waals surface area contributed by atoms with Crippen LogP contribution in [0.2, 0.25) is 0 Å². The van der Waals surface area contributed by atoms with Gasteiger partial charge in [-0.1, -0.05) is 20.3 Å². The Balaban J connectivity index is 2.59. The third-order valence-electron chi connectivity index (χ3n) is 4.14. The third-order valence-corrected chi connectivity index (χ3v) is 4.14. The Kier molecular flexibility index (Phi) is 7.19. The Morgan fingerprint density at radius 3 is 2.57 bits per heavy atom. The minimum atomic E-state index is -0.716. The molecule has 0 aromatic carbocycles. The molecule has 2 unspecified atom stereocenters. The normalized spacial score (nSPS) is 19.2. The predicted molar refractivity (Wildman–Crippen MR) is 85.5 cm³/mol. The van der Waals surface area contributed by atoms with Gasteiger partial charge in [0.1, 0.15) is 6.04 Å². The topological polar surface area (TPSA) is 86.8 Å². The number of hydrogen-bond acceptors (Lipinski definition) is 4. The van der Waals surface area contributed by atoms with Crippen molar-refractivity contribution in [1.29, 1.82) is 0 Å². The summed E-state index contributed by atoms with van der Waals surface area (Å²) in [5, 5.41) is 2.53. The molecule has 1 N–H and O–H groups in total. The summed E-state index contributed by atoms with van der Waals surface area (Å²) in [6.45, 7) is 4.36. The zero-order valence-corrected chi connectivity index (χ0v) is 14.4. The maximum Gasteiger partial charge on any atom is 0.288 e. The highest BCUT2D eigenvalue weighted by Crippen LogP contribution is 2.13. The lowest BCUT2D eigenvalue weighted by atomic mass is 10.0. The minimum Gasteiger partial charge on any atom is -0.347 e. The average molecular weight is 325 g/mol. The largest absolute Gasteiger partial charge is 0.347 e. The lowest BCUT2D eigenvalue weighted by molar-refractivity contribution is -0.145. The van der Waals surface area contributed by atoms with E-state index in [0.29, 0.717) is 19.4 Å². The van der Waals surface area contributed by atoms with Crippen molar-refractivity contribution >= 4 is 23.5 Å². The highest BCUT2D eigenvalue weighted by Gasteiger charge is 2.32. The second-order valence-corrected chi connectivity index (χ2v) is 6.36. The van der Waals surface area contributed by atoms with E-state index in [0.717, 1.165) is 6.42 Å². The minimum absolute atomic E-state index is 0.000973. The van der Waals surface area contributed by atoms with Gasteiger partial charge in [-0.3, -0.25) is 19.2 Å². The molecule has 1 fully saturated rings. The first-order valence-corrected chi connectivity index (χ1v) is 8.08. The number of Topliss-reactive ketones (excluding diaryl/α,β-unsaturated/α-hetero) is 1. The van der Waals surface area contributed by atoms with Crippen LogP contribution in [0.3, 0.4) is 0 Å². The molecule has 1 heterocycles. The molecule has 7 nitrogen and oxygen atoms in total. The first-order chi connectivity index (χ1) is 10.8. The van der Waals surface area contributed by atoms with E-state index in [1.807, 2.05) is 13.8 Å². The third kappa shape index (κ3) is 5.65. The molecule has 3 amide bonds. The van der Waals surface area contributed by atoms with Crippen molar-refractivity contribution in [2.24, 2.45) is 5.92 Å². The van der Waals surface area contributed by atoms with Crippen LogP contribution in [0.25, 0.3) is 0 Å². The summed E-state index contributed by atoms with van der Waals surface area (Å²) in [4.78, 5) is 50.7. The molecular formula is C16H27N3O4. The van der Waals surface area contributed by atoms with Gasteiger partial charge in [-0.15, -0.1) is 0 Å². The maximum absolute atomic E-state index is 12.3. The summed E-state index contributed by atoms with van der Waals surface area (Å²) in [5.74, 6) is -1.52. The van der Waals surface area contributed by atoms with Crippen LogP contribution in [0.15, 0.2) is 0 Å². The van der Waals surface area contributed by atoms with E-state index in [4.69, 9.17) is 0 Å². The lowest BCUT2D eigenvalue weighted by Crippen LogP contribution is -2.55. The van der Waals surface area contributed by atoms with Crippen LogP contribution in [0, 0.1) is 5.92 Å². The molecule has 0 aromatic rings. The van der Waals surface area contributed by atoms with Gasteiger partial charge in [-0.25, -0.2) is 0 Å². The molecule has 2 atom stereocenters. The van der Waals surface area contributed by atoms with E-state index < -0.39 is 17.7 Å². The quantitative estimate of drug-likeness (QED) is 0.677. The van der Waals surface area contributed by atoms with Crippen molar-refractivity contribution in [1.82, 2.24) is 15.1 Å². The Bertz CT molecular complexity index is 476. The zero-order chi connectivity index (χ0) is 17.6. The van der Waals surface area contributed by atoms with Crippen LogP contribution in [-0.2, 0) is 19.2 Å². The Hall–Kier alpha value is -1.92. The van der Waals surface area contributed by atoms with Gasteiger partial charge >= 0.3 is 0 Å². The van der Waals surface area contributed by atoms with Crippen LogP contribution < -0.4 is 5.32 Å². The van der Waals surface area contributed by atoms with Crippen molar-refractivity contribution in [2.45, 2.75) is 45.6 Å². The number of nitrogens with one attached hydrogen (secondary N) is 1. The number of likely N-dealkylation sites (tertiary alicyclic amines) is 1. The van der Waals surface area contributed by atoms with E-state index in [1.54, 1.807) is 14.1 Å². The Labute approximate surface area is 137 Å². The molecule has 1 aliphatic heterocycles. The first kappa shape index (κ1) is 19.1. The number of nitrogens with zero attached hydrogens (tertiary/aromatic N) is 2. The molecule has 0 saturated carbocycles. The van der Waals surface area contributed by atoms with Gasteiger partial charge in [0, 0.05) is 27.1 Å². The van der Waals surface area contributed by atoms with E-state index in [2.05, 4.69) is 5.32 Å². The average Bonchev–Trinajstić information content (AvgIpc) is 2.50. The molecule has 1 saturated heterocycles. The van der Waals surface area contributed by atoms with Gasteiger partial charge in [0.05, 0.1) is 6.54 Å². The van der Waals surface area contributed by atoms with Crippen molar-refractivity contribution in [3.63, 3.8) is 0 Å². The number of carbonyl (C=O) groups is 4. The van der Waals surface area contributed by atoms with Crippen molar-refractivity contribution in [2.75, 3.05) is 27.2 Å². The van der Waals surface area contributed by atoms with Crippen molar-refractivity contribution in [3.05, 3.63) is 0 Å². The smallest absolute Gasteiger partial charge is 0.288 e. The zero-order valence-electron chi connectivity index (χ0n) is 14.4. The van der Waals surface area contributed by atoms with Gasteiger partial charge in [0.15, 0.2) is 0 Å². The van der Waals surface area contributed by atoms with E-state index >= 15 is 0 Å². The van der Waals surface area contributed by atoms with Gasteiger partial charge in [0.25, 0.3) is 5.91 Å². The molecule has 7 heteroatoms. The highest BCUT2D eigenvalue weighted by molar-refractivity contribution is 6.36. The molecule has 0 bridgehead atoms. The van der Waals surface area contributed by atoms with Crippen molar-refractivity contribution in [3.8, 4) is 0 Å². The van der Waals surface area contributed by atoms with Crippen LogP contribution >= 0.6 is 0 Å². The number of hydrogen-bond donors (Lipinski definition) is 1. The van der Waals surface area contributed by atoms with Crippen molar-refractivity contribution < 1.29 is 19.2 Å². The molecule has 0 radical (unpaired) electrons. The van der Waals surface area contributed by atoms with E-state index in [9.17, 15) is 19.2 Å². The fourth-order valence-corrected chi connectivity index (χ4v) is 2.33. The molecule has 1 aliphatic rings. The molecule has 130 valence electrons. The summed E-state index contributed by atoms with van der Waals surface area (Å²) in [6, 6.07) is -0.716. The Morgan fingerprint density at radius 2 is 2.00 bits per heavy atom. The second-order valence-electron chi connectivity index (χ2n) is 6.36. The summed E-state index contributed by atoms with van der Waals surface area (Å²) in [7, 11) is 3.26. The fourth-order valence-electron chi connectivity index (χ4n) is 2.33. The van der Waals surface area contributed by atoms with Crippen LogP contribution in [-0.4, -0.2) is 66.5 Å². The van der Waals surface area contributed by atoms with Gasteiger partial charge in [-0.05, 0) is 18.8 Å². The SMILES string of the molecule is CCC(C)CC(=O)C(=O)NC1CCCN(CC(=O)N(C)C)C1=O. The van der Waals surface area contributed by atoms with Gasteiger partial charge < -0.3 is 15.1 Å². The monoisotopic (exact) mass is 325 g/mol. The van der Waals surface area contributed by atoms with E-state index in [-0.39, 0.29) is 30.7 Å². The summed E-state index contributed by atoms with van der Waals surface area (Å²) in [5.41, 5.74) is 0. The number of piperidine rings is 1. The van der Waals surface area contributed by atoms with Crippen LogP contribution in [0.4, 0.5) is 0 Å². The molecule has 1 rings (SSSR count). The van der Waals surface area contributed by atoms with Gasteiger partial charge in [-0.2, -0.15) is 0 Å². The molecule has 0 aliphatic carbocycles. The van der Waals surface area contributed by atoms with E-state index in [1.165, 1.54) is 9.80 Å². The van der Waals surface area contributed by atoms with Crippen LogP contribution in [0.1, 0.15) is 39.5 Å². The lowest BCUT2D eigenvalue weighted by Gasteiger charge is -2.32. The van der Waals surface area contributed by atoms with Crippen LogP contribution in [0.5, 0.6) is 0 Å². The summed E-state index contributed by atoms with van der Waals surface area (Å²) >= 11 is 0. The number of rotatable bonds is 7. The number of amides is 3. The fraction of sp³-hybridized carbons (Fsp3) is 0.750. The molecule has 0 aromatic heterocycles. The second kappa shape index (κ2) is 8.64. The predicted octanol–water partition coefficient (Wildman–Crippen LogP) is 0.187. The summed E-state index contributed by atoms with van der Waals surface area (Å²) < 4.78 is 0. The first-order valence-electron chi connectivity index (χ1n) is 8.08. The summed E-state index contributed by atoms with van der Waals surface area (Å²) in [6.07, 6.45) is 2.19. The number of carbonyl (C=O) groups excluding carboxylic acids is 4. The molecular weight excluding hydrogens is 298 g/mol. The molecule has 23 heavy (non-hydrogen) atoms. The number of ketones is 1. The Morgan fingerprint density at radius 1 is 1.35 bits per heavy atom. The standard InChI is InChI=1S/C16H27N3O4/c1-5-11(2)9-13(20)15(22)17-12-7-6-8-19(16(12)23)10-14(21)18(3)4/h11-12H,5-10H2,1-4H3,(H,17,22). The molecule has 0 spiro atoms. The number of likely N-dealkylation sites (N-methyl/N-ethyl adjacent to an activating group) is 1. The van der Waals surface area contributed by atoms with Gasteiger partial charge in [0.2, 0.25) is 17.6 Å².